The summed E-state index contributed by atoms with van der Waals surface area (Å²) >= 11 is 0. The molecule has 2 aromatic carbocycles. The number of amides is 1. The quantitative estimate of drug-likeness (QED) is 0.540. The van der Waals surface area contributed by atoms with Crippen LogP contribution >= 0.6 is 0 Å². The first-order valence-corrected chi connectivity index (χ1v) is 9.06. The minimum Gasteiger partial charge on any atom is -0.357 e. The lowest BCUT2D eigenvalue weighted by molar-refractivity contribution is 0.0963. The smallest absolute Gasteiger partial charge is 0.251 e. The summed E-state index contributed by atoms with van der Waals surface area (Å²) in [7, 11) is 1.61. The van der Waals surface area contributed by atoms with E-state index in [2.05, 4.69) is 20.9 Å². The van der Waals surface area contributed by atoms with Crippen molar-refractivity contribution in [3.8, 4) is 0 Å². The van der Waals surface area contributed by atoms with E-state index in [1.165, 1.54) is 0 Å². The lowest BCUT2D eigenvalue weighted by Gasteiger charge is -2.18. The molecule has 1 unspecified atom stereocenters. The van der Waals surface area contributed by atoms with Crippen molar-refractivity contribution in [3.05, 3.63) is 70.5 Å². The maximum Gasteiger partial charge on any atom is 0.251 e. The molecule has 5 nitrogen and oxygen atoms in total. The number of hydrogen-bond acceptors (Lipinski definition) is 2. The van der Waals surface area contributed by atoms with Crippen LogP contribution in [-0.4, -0.2) is 25.5 Å². The number of rotatable bonds is 6. The molecule has 2 rings (SSSR count). The second kappa shape index (κ2) is 9.71. The molecular formula is C21H27FN4O. The van der Waals surface area contributed by atoms with Crippen LogP contribution in [0.25, 0.3) is 0 Å². The van der Waals surface area contributed by atoms with Gasteiger partial charge in [0.2, 0.25) is 0 Å². The Bertz CT molecular complexity index is 820. The topological polar surface area (TPSA) is 65.5 Å². The van der Waals surface area contributed by atoms with Crippen LogP contribution in [0.15, 0.2) is 47.5 Å². The zero-order valence-electron chi connectivity index (χ0n) is 16.3. The Labute approximate surface area is 160 Å². The molecule has 0 aliphatic carbocycles. The van der Waals surface area contributed by atoms with Crippen molar-refractivity contribution in [2.75, 3.05) is 13.6 Å². The highest BCUT2D eigenvalue weighted by atomic mass is 19.1. The number of hydrogen-bond donors (Lipinski definition) is 3. The van der Waals surface area contributed by atoms with E-state index in [4.69, 9.17) is 0 Å². The number of nitrogens with one attached hydrogen (secondary N) is 3. The summed E-state index contributed by atoms with van der Waals surface area (Å²) < 4.78 is 13.8. The fraction of sp³-hybridized carbons (Fsp3) is 0.333. The number of carbonyl (C=O) groups is 1. The van der Waals surface area contributed by atoms with Crippen LogP contribution in [-0.2, 0) is 6.54 Å². The number of halogens is 1. The number of guanidine groups is 1. The van der Waals surface area contributed by atoms with Crippen LogP contribution < -0.4 is 16.0 Å². The molecule has 1 amide bonds. The average molecular weight is 370 g/mol. The molecule has 6 heteroatoms. The van der Waals surface area contributed by atoms with Crippen LogP contribution in [0, 0.1) is 12.7 Å². The molecule has 2 aromatic rings. The number of benzene rings is 2. The van der Waals surface area contributed by atoms with Crippen molar-refractivity contribution in [2.24, 2.45) is 4.99 Å². The molecule has 0 saturated heterocycles. The van der Waals surface area contributed by atoms with Crippen LogP contribution in [0.5, 0.6) is 0 Å². The zero-order chi connectivity index (χ0) is 19.8. The molecule has 0 aliphatic heterocycles. The van der Waals surface area contributed by atoms with Crippen molar-refractivity contribution in [3.63, 3.8) is 0 Å². The van der Waals surface area contributed by atoms with Crippen molar-refractivity contribution >= 4 is 11.9 Å². The standard InChI is InChI=1S/C21H27FN4O/c1-5-24-21(26-15(3)17-10-9-14(2)19(22)12-17)25-13-16-7-6-8-18(11-16)20(27)23-4/h6-12,15H,5,13H2,1-4H3,(H,23,27)(H2,24,25,26). The molecule has 0 radical (unpaired) electrons. The van der Waals surface area contributed by atoms with Gasteiger partial charge in [-0.2, -0.15) is 0 Å². The van der Waals surface area contributed by atoms with Gasteiger partial charge in [0.25, 0.3) is 5.91 Å². The maximum atomic E-state index is 13.8. The summed E-state index contributed by atoms with van der Waals surface area (Å²) in [6.07, 6.45) is 0. The van der Waals surface area contributed by atoms with Crippen molar-refractivity contribution in [1.29, 1.82) is 0 Å². The Morgan fingerprint density at radius 3 is 2.67 bits per heavy atom. The van der Waals surface area contributed by atoms with Gasteiger partial charge < -0.3 is 16.0 Å². The molecule has 3 N–H and O–H groups in total. The van der Waals surface area contributed by atoms with Gasteiger partial charge in [-0.25, -0.2) is 9.38 Å². The van der Waals surface area contributed by atoms with Gasteiger partial charge in [0.05, 0.1) is 12.6 Å². The third kappa shape index (κ3) is 5.81. The Kier molecular flexibility index (Phi) is 7.34. The number of carbonyl (C=O) groups excluding carboxylic acids is 1. The van der Waals surface area contributed by atoms with E-state index in [0.29, 0.717) is 30.2 Å². The van der Waals surface area contributed by atoms with E-state index in [1.54, 1.807) is 32.2 Å². The monoisotopic (exact) mass is 370 g/mol. The van der Waals surface area contributed by atoms with E-state index in [0.717, 1.165) is 11.1 Å². The van der Waals surface area contributed by atoms with Crippen LogP contribution in [0.1, 0.15) is 46.9 Å². The largest absolute Gasteiger partial charge is 0.357 e. The average Bonchev–Trinajstić information content (AvgIpc) is 2.67. The highest BCUT2D eigenvalue weighted by molar-refractivity contribution is 5.94. The summed E-state index contributed by atoms with van der Waals surface area (Å²) in [4.78, 5) is 16.3. The number of aliphatic imine (C=N–C) groups is 1. The molecule has 0 saturated carbocycles. The van der Waals surface area contributed by atoms with E-state index in [-0.39, 0.29) is 17.8 Å². The van der Waals surface area contributed by atoms with Gasteiger partial charge in [0, 0.05) is 19.2 Å². The van der Waals surface area contributed by atoms with Crippen LogP contribution in [0.3, 0.4) is 0 Å². The Balaban J connectivity index is 2.11. The van der Waals surface area contributed by atoms with Gasteiger partial charge in [-0.1, -0.05) is 24.3 Å². The van der Waals surface area contributed by atoms with Gasteiger partial charge in [0.1, 0.15) is 5.82 Å². The summed E-state index contributed by atoms with van der Waals surface area (Å²) in [5, 5.41) is 9.10. The highest BCUT2D eigenvalue weighted by Crippen LogP contribution is 2.16. The fourth-order valence-electron chi connectivity index (χ4n) is 2.61. The van der Waals surface area contributed by atoms with Crippen LogP contribution in [0.2, 0.25) is 0 Å². The summed E-state index contributed by atoms with van der Waals surface area (Å²) in [6, 6.07) is 12.5. The fourth-order valence-corrected chi connectivity index (χ4v) is 2.61. The van der Waals surface area contributed by atoms with Crippen LogP contribution in [0.4, 0.5) is 4.39 Å². The Morgan fingerprint density at radius 2 is 2.00 bits per heavy atom. The molecule has 0 aliphatic rings. The molecule has 0 aromatic heterocycles. The second-order valence-corrected chi connectivity index (χ2v) is 6.35. The third-order valence-electron chi connectivity index (χ3n) is 4.23. The van der Waals surface area contributed by atoms with E-state index >= 15 is 0 Å². The summed E-state index contributed by atoms with van der Waals surface area (Å²) in [6.45, 7) is 6.83. The first kappa shape index (κ1) is 20.4. The van der Waals surface area contributed by atoms with Crippen molar-refractivity contribution < 1.29 is 9.18 Å². The van der Waals surface area contributed by atoms with E-state index in [1.807, 2.05) is 38.1 Å². The minimum atomic E-state index is -0.214. The lowest BCUT2D eigenvalue weighted by atomic mass is 10.1. The van der Waals surface area contributed by atoms with Gasteiger partial charge >= 0.3 is 0 Å². The second-order valence-electron chi connectivity index (χ2n) is 6.35. The minimum absolute atomic E-state index is 0.102. The van der Waals surface area contributed by atoms with Gasteiger partial charge in [-0.05, 0) is 55.7 Å². The SMILES string of the molecule is CCNC(=NCc1cccc(C(=O)NC)c1)NC(C)c1ccc(C)c(F)c1. The van der Waals surface area contributed by atoms with E-state index in [9.17, 15) is 9.18 Å². The molecular weight excluding hydrogens is 343 g/mol. The highest BCUT2D eigenvalue weighted by Gasteiger charge is 2.10. The van der Waals surface area contributed by atoms with E-state index < -0.39 is 0 Å². The molecule has 0 fully saturated rings. The first-order valence-electron chi connectivity index (χ1n) is 9.06. The summed E-state index contributed by atoms with van der Waals surface area (Å²) in [5.41, 5.74) is 3.02. The van der Waals surface area contributed by atoms with Gasteiger partial charge in [0.15, 0.2) is 5.96 Å². The first-order chi connectivity index (χ1) is 12.9. The maximum absolute atomic E-state index is 13.8. The zero-order valence-corrected chi connectivity index (χ0v) is 16.3. The number of nitrogens with zero attached hydrogens (tertiary/aromatic N) is 1. The Hall–Kier alpha value is -2.89. The third-order valence-corrected chi connectivity index (χ3v) is 4.23. The van der Waals surface area contributed by atoms with Gasteiger partial charge in [-0.3, -0.25) is 4.79 Å². The molecule has 0 bridgehead atoms. The van der Waals surface area contributed by atoms with Gasteiger partial charge in [-0.15, -0.1) is 0 Å². The Morgan fingerprint density at radius 1 is 1.22 bits per heavy atom. The normalized spacial score (nSPS) is 12.4. The molecule has 27 heavy (non-hydrogen) atoms. The molecule has 1 atom stereocenters. The molecule has 0 heterocycles. The van der Waals surface area contributed by atoms with Crippen molar-refractivity contribution in [1.82, 2.24) is 16.0 Å². The molecule has 0 spiro atoms. The summed E-state index contributed by atoms with van der Waals surface area (Å²) in [5.74, 6) is 0.298. The number of aryl methyl sites for hydroxylation is 1. The predicted molar refractivity (Wildman–Crippen MR) is 107 cm³/mol. The predicted octanol–water partition coefficient (Wildman–Crippen LogP) is 3.31. The molecule has 144 valence electrons. The van der Waals surface area contributed by atoms with Crippen molar-refractivity contribution in [2.45, 2.75) is 33.4 Å². The lowest BCUT2D eigenvalue weighted by Crippen LogP contribution is -2.38.